The van der Waals surface area contributed by atoms with E-state index in [9.17, 15) is 9.18 Å². The van der Waals surface area contributed by atoms with Gasteiger partial charge in [0.15, 0.2) is 0 Å². The maximum Gasteiger partial charge on any atom is 0.255 e. The molecular weight excluding hydrogens is 293 g/mol. The third-order valence-electron chi connectivity index (χ3n) is 2.19. The third kappa shape index (κ3) is 3.76. The molecule has 0 fully saturated rings. The Hall–Kier alpha value is -0.980. The fourth-order valence-electron chi connectivity index (χ4n) is 1.39. The van der Waals surface area contributed by atoms with E-state index in [0.717, 1.165) is 6.07 Å². The summed E-state index contributed by atoms with van der Waals surface area (Å²) >= 11 is 3.16. The van der Waals surface area contributed by atoms with E-state index in [0.29, 0.717) is 4.47 Å². The maximum atomic E-state index is 13.1. The monoisotopic (exact) mass is 305 g/mol. The predicted octanol–water partition coefficient (Wildman–Crippen LogP) is 1.01. The maximum absolute atomic E-state index is 13.1. The second-order valence-electron chi connectivity index (χ2n) is 3.36. The van der Waals surface area contributed by atoms with Crippen LogP contribution >= 0.6 is 15.9 Å². The van der Waals surface area contributed by atoms with E-state index in [4.69, 9.17) is 10.2 Å². The van der Waals surface area contributed by atoms with E-state index in [1.54, 1.807) is 0 Å². The lowest BCUT2D eigenvalue weighted by Crippen LogP contribution is -2.36. The fraction of sp³-hybridized carbons (Fsp3) is 0.364. The molecule has 0 radical (unpaired) electrons. The first-order valence-electron chi connectivity index (χ1n) is 5.06. The van der Waals surface area contributed by atoms with Crippen molar-refractivity contribution in [3.05, 3.63) is 34.1 Å². The molecule has 0 atom stereocenters. The van der Waals surface area contributed by atoms with E-state index in [-0.39, 0.29) is 31.9 Å². The topological polar surface area (TPSA) is 60.8 Å². The molecule has 4 nitrogen and oxygen atoms in total. The summed E-state index contributed by atoms with van der Waals surface area (Å²) in [5, 5.41) is 17.6. The zero-order valence-corrected chi connectivity index (χ0v) is 10.7. The van der Waals surface area contributed by atoms with Gasteiger partial charge in [0, 0.05) is 17.6 Å². The summed E-state index contributed by atoms with van der Waals surface area (Å²) in [7, 11) is 0. The molecule has 0 spiro atoms. The van der Waals surface area contributed by atoms with Crippen LogP contribution in [-0.2, 0) is 0 Å². The first kappa shape index (κ1) is 14.1. The number of aliphatic hydroxyl groups excluding tert-OH is 2. The Kier molecular flexibility index (Phi) is 5.54. The Morgan fingerprint density at radius 1 is 1.29 bits per heavy atom. The molecule has 1 amide bonds. The molecule has 6 heteroatoms. The van der Waals surface area contributed by atoms with Crippen molar-refractivity contribution in [2.24, 2.45) is 0 Å². The molecule has 0 heterocycles. The van der Waals surface area contributed by atoms with Crippen molar-refractivity contribution in [3.8, 4) is 0 Å². The quantitative estimate of drug-likeness (QED) is 0.854. The van der Waals surface area contributed by atoms with Crippen molar-refractivity contribution in [2.75, 3.05) is 26.3 Å². The van der Waals surface area contributed by atoms with Crippen molar-refractivity contribution >= 4 is 21.8 Å². The van der Waals surface area contributed by atoms with Crippen LogP contribution in [0.15, 0.2) is 22.7 Å². The number of hydrogen-bond acceptors (Lipinski definition) is 3. The molecule has 0 aliphatic heterocycles. The van der Waals surface area contributed by atoms with E-state index >= 15 is 0 Å². The highest BCUT2D eigenvalue weighted by Crippen LogP contribution is 2.19. The lowest BCUT2D eigenvalue weighted by atomic mass is 10.2. The second kappa shape index (κ2) is 6.68. The molecule has 1 aromatic rings. The summed E-state index contributed by atoms with van der Waals surface area (Å²) in [6.45, 7) is -0.220. The Morgan fingerprint density at radius 3 is 2.41 bits per heavy atom. The normalized spacial score (nSPS) is 10.4. The highest BCUT2D eigenvalue weighted by atomic mass is 79.9. The summed E-state index contributed by atoms with van der Waals surface area (Å²) in [4.78, 5) is 13.3. The molecule has 0 aliphatic carbocycles. The van der Waals surface area contributed by atoms with Gasteiger partial charge in [-0.1, -0.05) is 0 Å². The largest absolute Gasteiger partial charge is 0.395 e. The minimum absolute atomic E-state index is 0.0996. The number of aliphatic hydroxyl groups is 2. The van der Waals surface area contributed by atoms with E-state index in [2.05, 4.69) is 15.9 Å². The van der Waals surface area contributed by atoms with Gasteiger partial charge < -0.3 is 15.1 Å². The van der Waals surface area contributed by atoms with Gasteiger partial charge in [0.2, 0.25) is 0 Å². The lowest BCUT2D eigenvalue weighted by Gasteiger charge is -2.21. The molecule has 1 aromatic carbocycles. The van der Waals surface area contributed by atoms with Gasteiger partial charge in [0.05, 0.1) is 18.8 Å². The highest BCUT2D eigenvalue weighted by Gasteiger charge is 2.18. The molecular formula is C11H13BrFNO3. The van der Waals surface area contributed by atoms with Crippen LogP contribution < -0.4 is 0 Å². The Balaban J connectivity index is 2.95. The van der Waals surface area contributed by atoms with Gasteiger partial charge >= 0.3 is 0 Å². The van der Waals surface area contributed by atoms with Crippen LogP contribution in [0.25, 0.3) is 0 Å². The summed E-state index contributed by atoms with van der Waals surface area (Å²) in [5.41, 5.74) is 0.173. The number of halogens is 2. The number of amides is 1. The van der Waals surface area contributed by atoms with Gasteiger partial charge in [-0.2, -0.15) is 0 Å². The van der Waals surface area contributed by atoms with Crippen molar-refractivity contribution < 1.29 is 19.4 Å². The third-order valence-corrected chi connectivity index (χ3v) is 2.88. The zero-order chi connectivity index (χ0) is 12.8. The molecule has 1 rings (SSSR count). The van der Waals surface area contributed by atoms with Crippen LogP contribution in [0.1, 0.15) is 10.4 Å². The van der Waals surface area contributed by atoms with Crippen LogP contribution in [0.4, 0.5) is 4.39 Å². The summed E-state index contributed by atoms with van der Waals surface area (Å²) in [6.07, 6.45) is 0. The smallest absolute Gasteiger partial charge is 0.255 e. The molecule has 94 valence electrons. The average molecular weight is 306 g/mol. The van der Waals surface area contributed by atoms with Crippen LogP contribution in [-0.4, -0.2) is 47.3 Å². The summed E-state index contributed by atoms with van der Waals surface area (Å²) in [6, 6.07) is 3.80. The van der Waals surface area contributed by atoms with E-state index in [1.807, 2.05) is 0 Å². The lowest BCUT2D eigenvalue weighted by molar-refractivity contribution is 0.0683. The molecule has 0 saturated carbocycles. The van der Waals surface area contributed by atoms with Crippen molar-refractivity contribution in [1.82, 2.24) is 4.90 Å². The molecule has 0 saturated heterocycles. The van der Waals surface area contributed by atoms with Gasteiger partial charge in [0.1, 0.15) is 5.82 Å². The van der Waals surface area contributed by atoms with Gasteiger partial charge in [0.25, 0.3) is 5.91 Å². The summed E-state index contributed by atoms with van der Waals surface area (Å²) < 4.78 is 13.5. The Morgan fingerprint density at radius 2 is 1.88 bits per heavy atom. The SMILES string of the molecule is O=C(c1cc(F)ccc1Br)N(CCO)CCO. The van der Waals surface area contributed by atoms with E-state index < -0.39 is 11.7 Å². The Bertz CT molecular complexity index is 394. The van der Waals surface area contributed by atoms with Gasteiger partial charge in [-0.05, 0) is 34.1 Å². The molecule has 2 N–H and O–H groups in total. The molecule has 0 bridgehead atoms. The van der Waals surface area contributed by atoms with Crippen molar-refractivity contribution in [3.63, 3.8) is 0 Å². The summed E-state index contributed by atoms with van der Waals surface area (Å²) in [5.74, 6) is -0.941. The van der Waals surface area contributed by atoms with Gasteiger partial charge in [-0.3, -0.25) is 4.79 Å². The number of benzene rings is 1. The minimum Gasteiger partial charge on any atom is -0.395 e. The zero-order valence-electron chi connectivity index (χ0n) is 9.07. The standard InChI is InChI=1S/C11H13BrFNO3/c12-10-2-1-8(13)7-9(10)11(17)14(3-5-15)4-6-16/h1-2,7,15-16H,3-6H2. The molecule has 0 aromatic heterocycles. The minimum atomic E-state index is -0.510. The molecule has 0 unspecified atom stereocenters. The number of rotatable bonds is 5. The van der Waals surface area contributed by atoms with E-state index in [1.165, 1.54) is 17.0 Å². The predicted molar refractivity (Wildman–Crippen MR) is 64.2 cm³/mol. The fourth-order valence-corrected chi connectivity index (χ4v) is 1.80. The number of carbonyl (C=O) groups excluding carboxylic acids is 1. The number of carbonyl (C=O) groups is 1. The van der Waals surface area contributed by atoms with Crippen LogP contribution in [0, 0.1) is 5.82 Å². The van der Waals surface area contributed by atoms with Crippen molar-refractivity contribution in [1.29, 1.82) is 0 Å². The van der Waals surface area contributed by atoms with Crippen LogP contribution in [0.2, 0.25) is 0 Å². The average Bonchev–Trinajstić information content (AvgIpc) is 2.31. The first-order chi connectivity index (χ1) is 8.10. The van der Waals surface area contributed by atoms with Gasteiger partial charge in [-0.15, -0.1) is 0 Å². The molecule has 0 aliphatic rings. The van der Waals surface area contributed by atoms with Crippen molar-refractivity contribution in [2.45, 2.75) is 0 Å². The van der Waals surface area contributed by atoms with Crippen LogP contribution in [0.5, 0.6) is 0 Å². The number of hydrogen-bond donors (Lipinski definition) is 2. The second-order valence-corrected chi connectivity index (χ2v) is 4.22. The first-order valence-corrected chi connectivity index (χ1v) is 5.85. The number of nitrogens with zero attached hydrogens (tertiary/aromatic N) is 1. The molecule has 17 heavy (non-hydrogen) atoms. The highest BCUT2D eigenvalue weighted by molar-refractivity contribution is 9.10. The van der Waals surface area contributed by atoms with Crippen LogP contribution in [0.3, 0.4) is 0 Å². The van der Waals surface area contributed by atoms with Gasteiger partial charge in [-0.25, -0.2) is 4.39 Å². The Labute approximate surface area is 107 Å².